The Kier molecular flexibility index (Phi) is 5.55. The number of amides is 1. The lowest BCUT2D eigenvalue weighted by Crippen LogP contribution is -2.25. The van der Waals surface area contributed by atoms with Crippen molar-refractivity contribution >= 4 is 16.9 Å². The van der Waals surface area contributed by atoms with Crippen LogP contribution < -0.4 is 10.1 Å². The summed E-state index contributed by atoms with van der Waals surface area (Å²) in [6.45, 7) is 1.06. The van der Waals surface area contributed by atoms with Crippen molar-refractivity contribution < 1.29 is 9.53 Å². The molecule has 2 aromatic carbocycles. The molecule has 0 aliphatic rings. The normalized spacial score (nSPS) is 10.5. The molecule has 0 spiro atoms. The Bertz CT molecular complexity index is 953. The highest BCUT2D eigenvalue weighted by molar-refractivity contribution is 5.94. The van der Waals surface area contributed by atoms with Crippen LogP contribution in [-0.2, 0) is 13.0 Å². The topological polar surface area (TPSA) is 56.2 Å². The van der Waals surface area contributed by atoms with E-state index in [0.717, 1.165) is 29.7 Å². The van der Waals surface area contributed by atoms with Gasteiger partial charge in [0.05, 0.1) is 24.7 Å². The third kappa shape index (κ3) is 3.86. The van der Waals surface area contributed by atoms with Crippen molar-refractivity contribution in [2.24, 2.45) is 0 Å². The van der Waals surface area contributed by atoms with Gasteiger partial charge in [-0.2, -0.15) is 0 Å². The van der Waals surface area contributed by atoms with E-state index in [9.17, 15) is 4.79 Å². The second kappa shape index (κ2) is 8.21. The van der Waals surface area contributed by atoms with E-state index in [4.69, 9.17) is 11.2 Å². The Hall–Kier alpha value is -3.26. The second-order valence-electron chi connectivity index (χ2n) is 5.90. The minimum absolute atomic E-state index is 0.110. The molecule has 1 heterocycles. The van der Waals surface area contributed by atoms with Crippen molar-refractivity contribution in [2.75, 3.05) is 13.7 Å². The minimum Gasteiger partial charge on any atom is -0.497 e. The molecule has 3 rings (SSSR count). The highest BCUT2D eigenvalue weighted by atomic mass is 16.5. The van der Waals surface area contributed by atoms with Crippen LogP contribution in [0.25, 0.3) is 11.0 Å². The lowest BCUT2D eigenvalue weighted by molar-refractivity contribution is 0.0953. The molecule has 132 valence electrons. The fraction of sp³-hybridized carbons (Fsp3) is 0.238. The number of aryl methyl sites for hydroxylation is 1. The third-order valence-corrected chi connectivity index (χ3v) is 4.18. The maximum absolute atomic E-state index is 12.2. The first-order valence-electron chi connectivity index (χ1n) is 8.53. The van der Waals surface area contributed by atoms with Crippen LogP contribution in [0.5, 0.6) is 5.75 Å². The minimum atomic E-state index is -0.110. The zero-order valence-electron chi connectivity index (χ0n) is 14.7. The number of imidazole rings is 1. The van der Waals surface area contributed by atoms with Gasteiger partial charge >= 0.3 is 0 Å². The van der Waals surface area contributed by atoms with Gasteiger partial charge in [-0.25, -0.2) is 4.98 Å². The number of benzene rings is 2. The van der Waals surface area contributed by atoms with Crippen molar-refractivity contribution in [3.8, 4) is 18.1 Å². The number of hydrogen-bond acceptors (Lipinski definition) is 3. The molecule has 1 aromatic heterocycles. The summed E-state index contributed by atoms with van der Waals surface area (Å²) in [5.74, 6) is 4.19. The zero-order chi connectivity index (χ0) is 18.4. The van der Waals surface area contributed by atoms with Crippen molar-refractivity contribution in [2.45, 2.75) is 19.4 Å². The Labute approximate surface area is 153 Å². The summed E-state index contributed by atoms with van der Waals surface area (Å²) in [6, 6.07) is 15.1. The fourth-order valence-corrected chi connectivity index (χ4v) is 2.90. The van der Waals surface area contributed by atoms with Crippen LogP contribution in [0.1, 0.15) is 22.6 Å². The van der Waals surface area contributed by atoms with Gasteiger partial charge in [0.25, 0.3) is 5.91 Å². The molecule has 1 amide bonds. The van der Waals surface area contributed by atoms with Gasteiger partial charge in [-0.1, -0.05) is 24.1 Å². The van der Waals surface area contributed by atoms with E-state index in [1.807, 2.05) is 30.3 Å². The van der Waals surface area contributed by atoms with Crippen LogP contribution in [0.3, 0.4) is 0 Å². The van der Waals surface area contributed by atoms with E-state index in [2.05, 4.69) is 20.8 Å². The second-order valence-corrected chi connectivity index (χ2v) is 5.90. The lowest BCUT2D eigenvalue weighted by atomic mass is 10.2. The van der Waals surface area contributed by atoms with Crippen LogP contribution in [0, 0.1) is 12.3 Å². The zero-order valence-corrected chi connectivity index (χ0v) is 14.7. The number of terminal acetylenes is 1. The van der Waals surface area contributed by atoms with E-state index < -0.39 is 0 Å². The van der Waals surface area contributed by atoms with Crippen molar-refractivity contribution in [1.82, 2.24) is 14.9 Å². The standard InChI is InChI=1S/C21H21N3O2/c1-3-14-24-19-11-5-4-10-18(19)23-20(24)12-7-13-22-21(25)16-8-6-9-17(15-16)26-2/h1,4-6,8-11,15H,7,12-14H2,2H3,(H,22,25). The summed E-state index contributed by atoms with van der Waals surface area (Å²) in [7, 11) is 1.58. The number of aromatic nitrogens is 2. The number of nitrogens with zero attached hydrogens (tertiary/aromatic N) is 2. The number of hydrogen-bond donors (Lipinski definition) is 1. The summed E-state index contributed by atoms with van der Waals surface area (Å²) in [4.78, 5) is 16.9. The number of methoxy groups -OCH3 is 1. The van der Waals surface area contributed by atoms with Gasteiger partial charge in [0.15, 0.2) is 0 Å². The van der Waals surface area contributed by atoms with Gasteiger partial charge < -0.3 is 14.6 Å². The molecular formula is C21H21N3O2. The molecule has 1 N–H and O–H groups in total. The number of para-hydroxylation sites is 2. The number of carbonyl (C=O) groups is 1. The monoisotopic (exact) mass is 347 g/mol. The van der Waals surface area contributed by atoms with E-state index in [-0.39, 0.29) is 5.91 Å². The van der Waals surface area contributed by atoms with Crippen LogP contribution >= 0.6 is 0 Å². The van der Waals surface area contributed by atoms with Crippen molar-refractivity contribution in [1.29, 1.82) is 0 Å². The van der Waals surface area contributed by atoms with E-state index in [0.29, 0.717) is 24.4 Å². The average molecular weight is 347 g/mol. The van der Waals surface area contributed by atoms with Gasteiger partial charge in [-0.05, 0) is 36.8 Å². The summed E-state index contributed by atoms with van der Waals surface area (Å²) in [6.07, 6.45) is 7.02. The molecule has 0 atom stereocenters. The molecule has 0 saturated heterocycles. The molecule has 5 nitrogen and oxygen atoms in total. The van der Waals surface area contributed by atoms with E-state index >= 15 is 0 Å². The Morgan fingerprint density at radius 1 is 1.27 bits per heavy atom. The van der Waals surface area contributed by atoms with Crippen LogP contribution in [0.4, 0.5) is 0 Å². The van der Waals surface area contributed by atoms with Crippen LogP contribution in [0.2, 0.25) is 0 Å². The Morgan fingerprint density at radius 2 is 2.12 bits per heavy atom. The van der Waals surface area contributed by atoms with Gasteiger partial charge in [0.1, 0.15) is 11.6 Å². The first-order chi connectivity index (χ1) is 12.7. The van der Waals surface area contributed by atoms with Gasteiger partial charge in [0, 0.05) is 18.5 Å². The maximum Gasteiger partial charge on any atom is 0.251 e. The summed E-state index contributed by atoms with van der Waals surface area (Å²) in [5, 5.41) is 2.93. The number of carbonyl (C=O) groups excluding carboxylic acids is 1. The molecule has 0 saturated carbocycles. The smallest absolute Gasteiger partial charge is 0.251 e. The molecule has 0 fully saturated rings. The van der Waals surface area contributed by atoms with Crippen LogP contribution in [-0.4, -0.2) is 29.1 Å². The molecule has 26 heavy (non-hydrogen) atoms. The van der Waals surface area contributed by atoms with E-state index in [1.54, 1.807) is 25.3 Å². The SMILES string of the molecule is C#CCn1c(CCCNC(=O)c2cccc(OC)c2)nc2ccccc21. The number of ether oxygens (including phenoxy) is 1. The molecular weight excluding hydrogens is 326 g/mol. The molecule has 0 bridgehead atoms. The predicted octanol–water partition coefficient (Wildman–Crippen LogP) is 3.04. The molecule has 0 radical (unpaired) electrons. The largest absolute Gasteiger partial charge is 0.497 e. The van der Waals surface area contributed by atoms with Crippen molar-refractivity contribution in [3.63, 3.8) is 0 Å². The van der Waals surface area contributed by atoms with E-state index in [1.165, 1.54) is 0 Å². The molecule has 0 unspecified atom stereocenters. The first-order valence-corrected chi connectivity index (χ1v) is 8.53. The third-order valence-electron chi connectivity index (χ3n) is 4.18. The van der Waals surface area contributed by atoms with Crippen LogP contribution in [0.15, 0.2) is 48.5 Å². The Morgan fingerprint density at radius 3 is 2.92 bits per heavy atom. The average Bonchev–Trinajstić information content (AvgIpc) is 3.03. The molecule has 5 heteroatoms. The molecule has 0 aliphatic heterocycles. The number of rotatable bonds is 7. The Balaban J connectivity index is 1.60. The number of nitrogens with one attached hydrogen (secondary N) is 1. The highest BCUT2D eigenvalue weighted by Crippen LogP contribution is 2.17. The summed E-state index contributed by atoms with van der Waals surface area (Å²) < 4.78 is 7.20. The quantitative estimate of drug-likeness (QED) is 0.528. The summed E-state index contributed by atoms with van der Waals surface area (Å²) >= 11 is 0. The predicted molar refractivity (Wildman–Crippen MR) is 102 cm³/mol. The highest BCUT2D eigenvalue weighted by Gasteiger charge is 2.10. The summed E-state index contributed by atoms with van der Waals surface area (Å²) in [5.41, 5.74) is 2.57. The van der Waals surface area contributed by atoms with Gasteiger partial charge in [-0.3, -0.25) is 4.79 Å². The fourth-order valence-electron chi connectivity index (χ4n) is 2.90. The molecule has 0 aliphatic carbocycles. The molecule has 3 aromatic rings. The number of fused-ring (bicyclic) bond motifs is 1. The van der Waals surface area contributed by atoms with Crippen molar-refractivity contribution in [3.05, 3.63) is 59.9 Å². The first kappa shape index (κ1) is 17.6. The van der Waals surface area contributed by atoms with Gasteiger partial charge in [0.2, 0.25) is 0 Å². The maximum atomic E-state index is 12.2. The lowest BCUT2D eigenvalue weighted by Gasteiger charge is -2.08. The van der Waals surface area contributed by atoms with Gasteiger partial charge in [-0.15, -0.1) is 6.42 Å².